The Morgan fingerprint density at radius 1 is 1.26 bits per heavy atom. The maximum absolute atomic E-state index is 14.6. The molecule has 34 heavy (non-hydrogen) atoms. The van der Waals surface area contributed by atoms with E-state index in [1.807, 2.05) is 0 Å². The first-order valence-electron chi connectivity index (χ1n) is 9.98. The number of hydrogen-bond donors (Lipinski definition) is 1. The normalized spacial score (nSPS) is 17.4. The molecule has 0 spiro atoms. The molecule has 1 aromatic carbocycles. The summed E-state index contributed by atoms with van der Waals surface area (Å²) in [6.45, 7) is -1.45. The summed E-state index contributed by atoms with van der Waals surface area (Å²) in [6.07, 6.45) is -3.74. The van der Waals surface area contributed by atoms with Crippen LogP contribution in [0.3, 0.4) is 0 Å². The quantitative estimate of drug-likeness (QED) is 0.417. The molecule has 2 unspecified atom stereocenters. The Hall–Kier alpha value is -2.88. The molecular formula is C21H21AsF5N3O4. The van der Waals surface area contributed by atoms with E-state index in [4.69, 9.17) is 4.74 Å². The second-order valence-corrected chi connectivity index (χ2v) is 8.75. The molecule has 0 bridgehead atoms. The molecule has 0 saturated carbocycles. The Morgan fingerprint density at radius 2 is 1.94 bits per heavy atom. The third-order valence-corrected chi connectivity index (χ3v) is 6.03. The first-order valence-corrected chi connectivity index (χ1v) is 11.2. The first kappa shape index (κ1) is 25.7. The molecular weight excluding hydrogens is 528 g/mol. The van der Waals surface area contributed by atoms with E-state index in [-0.39, 0.29) is 24.3 Å². The zero-order valence-corrected chi connectivity index (χ0v) is 20.3. The summed E-state index contributed by atoms with van der Waals surface area (Å²) in [5, 5.41) is 2.44. The van der Waals surface area contributed by atoms with Crippen LogP contribution in [0.2, 0.25) is 0 Å². The van der Waals surface area contributed by atoms with Gasteiger partial charge in [-0.05, 0) is 0 Å². The number of benzene rings is 1. The van der Waals surface area contributed by atoms with Crippen LogP contribution in [0, 0.1) is 5.92 Å². The Balaban J connectivity index is 1.60. The second kappa shape index (κ2) is 10.2. The van der Waals surface area contributed by atoms with Gasteiger partial charge in [-0.25, -0.2) is 0 Å². The van der Waals surface area contributed by atoms with Crippen molar-refractivity contribution in [3.8, 4) is 11.5 Å². The van der Waals surface area contributed by atoms with Crippen molar-refractivity contribution in [1.29, 1.82) is 0 Å². The Morgan fingerprint density at radius 3 is 2.56 bits per heavy atom. The third kappa shape index (κ3) is 6.59. The summed E-state index contributed by atoms with van der Waals surface area (Å²) in [5.74, 6) is -5.71. The fourth-order valence-electron chi connectivity index (χ4n) is 3.34. The predicted molar refractivity (Wildman–Crippen MR) is 113 cm³/mol. The fraction of sp³-hybridized carbons (Fsp3) is 0.381. The van der Waals surface area contributed by atoms with Gasteiger partial charge in [-0.3, -0.25) is 0 Å². The number of nitrogens with zero attached hydrogens (tertiary/aromatic N) is 2. The van der Waals surface area contributed by atoms with Crippen LogP contribution in [0.15, 0.2) is 36.5 Å². The molecule has 1 fully saturated rings. The number of alkyl halides is 5. The van der Waals surface area contributed by atoms with Crippen molar-refractivity contribution in [2.75, 3.05) is 26.7 Å². The average Bonchev–Trinajstić information content (AvgIpc) is 3.07. The van der Waals surface area contributed by atoms with Gasteiger partial charge in [0.2, 0.25) is 0 Å². The standard InChI is InChI=1S/C21H21AsF5N3O4/c1-28-19(32)13-7-16(18(22)29-8-13)33-10-14-9-30(11-20(14,23)24)17(31)6-12-2-4-15(5-3-12)34-21(25,26)27/h2-5,7-8,14H,6,9-11,22H2,1H3,(H,28,32). The zero-order valence-electron chi connectivity index (χ0n) is 17.9. The topological polar surface area (TPSA) is 80.8 Å². The van der Waals surface area contributed by atoms with Gasteiger partial charge in [0.25, 0.3) is 0 Å². The van der Waals surface area contributed by atoms with Crippen molar-refractivity contribution in [1.82, 2.24) is 15.2 Å². The van der Waals surface area contributed by atoms with Crippen molar-refractivity contribution in [2.24, 2.45) is 5.92 Å². The molecule has 1 aliphatic heterocycles. The van der Waals surface area contributed by atoms with E-state index in [0.29, 0.717) is 10.0 Å². The number of hydrogen-bond acceptors (Lipinski definition) is 5. The molecule has 1 aliphatic rings. The average molecular weight is 549 g/mol. The number of amides is 2. The molecule has 184 valence electrons. The Labute approximate surface area is 200 Å². The number of rotatable bonds is 7. The van der Waals surface area contributed by atoms with Crippen molar-refractivity contribution < 1.29 is 41.0 Å². The van der Waals surface area contributed by atoms with Gasteiger partial charge >= 0.3 is 176 Å². The van der Waals surface area contributed by atoms with Crippen LogP contribution < -0.4 is 19.3 Å². The van der Waals surface area contributed by atoms with Crippen LogP contribution in [-0.4, -0.2) is 77.6 Å². The SMILES string of the molecule is CNC(=O)c1cnc([AsH2])c(OCC2CN(C(=O)Cc3ccc(OC(F)(F)F)cc3)CC2(F)F)c1. The summed E-state index contributed by atoms with van der Waals surface area (Å²) >= 11 is 1.10. The van der Waals surface area contributed by atoms with E-state index < -0.39 is 48.9 Å². The summed E-state index contributed by atoms with van der Waals surface area (Å²) in [5.41, 5.74) is 0.582. The van der Waals surface area contributed by atoms with E-state index in [0.717, 1.165) is 33.9 Å². The molecule has 1 saturated heterocycles. The van der Waals surface area contributed by atoms with Gasteiger partial charge in [-0.2, -0.15) is 0 Å². The number of carbonyl (C=O) groups excluding carboxylic acids is 2. The maximum atomic E-state index is 14.6. The van der Waals surface area contributed by atoms with Crippen LogP contribution in [0.1, 0.15) is 15.9 Å². The first-order chi connectivity index (χ1) is 15.9. The number of pyridine rings is 1. The minimum atomic E-state index is -4.84. The Bertz CT molecular complexity index is 1050. The number of ether oxygens (including phenoxy) is 2. The van der Waals surface area contributed by atoms with Crippen LogP contribution >= 0.6 is 0 Å². The number of carbonyl (C=O) groups is 2. The van der Waals surface area contributed by atoms with Gasteiger partial charge in [-0.1, -0.05) is 0 Å². The van der Waals surface area contributed by atoms with E-state index in [9.17, 15) is 31.5 Å². The van der Waals surface area contributed by atoms with Gasteiger partial charge in [0.15, 0.2) is 0 Å². The van der Waals surface area contributed by atoms with Gasteiger partial charge in [-0.15, -0.1) is 13.2 Å². The molecule has 0 radical (unpaired) electrons. The van der Waals surface area contributed by atoms with E-state index in [2.05, 4.69) is 15.0 Å². The molecule has 1 N–H and O–H groups in total. The molecule has 2 heterocycles. The van der Waals surface area contributed by atoms with E-state index in [1.54, 1.807) is 0 Å². The van der Waals surface area contributed by atoms with E-state index >= 15 is 0 Å². The van der Waals surface area contributed by atoms with Crippen molar-refractivity contribution in [3.05, 3.63) is 47.7 Å². The fourth-order valence-corrected chi connectivity index (χ4v) is 3.84. The van der Waals surface area contributed by atoms with Gasteiger partial charge in [0.05, 0.1) is 0 Å². The van der Waals surface area contributed by atoms with Gasteiger partial charge in [0.1, 0.15) is 5.75 Å². The third-order valence-electron chi connectivity index (χ3n) is 5.12. The molecule has 0 aliphatic carbocycles. The van der Waals surface area contributed by atoms with Crippen molar-refractivity contribution in [3.63, 3.8) is 0 Å². The van der Waals surface area contributed by atoms with Crippen molar-refractivity contribution >= 4 is 33.1 Å². The zero-order chi connectivity index (χ0) is 25.1. The summed E-state index contributed by atoms with van der Waals surface area (Å²) in [6, 6.07) is 6.06. The molecule has 1 aromatic heterocycles. The molecule has 2 atom stereocenters. The molecule has 7 nitrogen and oxygen atoms in total. The van der Waals surface area contributed by atoms with Gasteiger partial charge < -0.3 is 4.74 Å². The minimum absolute atomic E-state index is 0.211. The Kier molecular flexibility index (Phi) is 7.70. The number of halogens is 5. The molecule has 2 aromatic rings. The van der Waals surface area contributed by atoms with Crippen molar-refractivity contribution in [2.45, 2.75) is 18.7 Å². The number of nitrogens with one attached hydrogen (secondary N) is 1. The summed E-state index contributed by atoms with van der Waals surface area (Å²) in [4.78, 5) is 29.4. The monoisotopic (exact) mass is 549 g/mol. The summed E-state index contributed by atoms with van der Waals surface area (Å²) < 4.78 is 75.6. The second-order valence-electron chi connectivity index (χ2n) is 7.60. The van der Waals surface area contributed by atoms with Crippen LogP contribution in [0.5, 0.6) is 11.5 Å². The number of aromatic nitrogens is 1. The molecule has 2 amide bonds. The predicted octanol–water partition coefficient (Wildman–Crippen LogP) is 1.31. The van der Waals surface area contributed by atoms with E-state index in [1.165, 1.54) is 31.4 Å². The summed E-state index contributed by atoms with van der Waals surface area (Å²) in [7, 11) is 1.45. The molecule has 13 heteroatoms. The number of likely N-dealkylation sites (tertiary alicyclic amines) is 1. The molecule has 3 rings (SSSR count). The van der Waals surface area contributed by atoms with Crippen LogP contribution in [0.4, 0.5) is 22.0 Å². The van der Waals surface area contributed by atoms with Gasteiger partial charge in [0, 0.05) is 0 Å². The van der Waals surface area contributed by atoms with Crippen LogP contribution in [-0.2, 0) is 11.2 Å². The van der Waals surface area contributed by atoms with Crippen LogP contribution in [0.25, 0.3) is 0 Å².